The standard InChI is InChI=1S/C9H7ClFN3OS/c10-6-3-5(1-2-7(6)11)15-4-8-9(12)16-14-13-8/h1-3H,4,12H2. The molecule has 1 heterocycles. The maximum atomic E-state index is 12.8. The van der Waals surface area contributed by atoms with Crippen molar-refractivity contribution in [2.75, 3.05) is 5.73 Å². The fourth-order valence-electron chi connectivity index (χ4n) is 1.03. The van der Waals surface area contributed by atoms with Crippen molar-refractivity contribution in [1.29, 1.82) is 0 Å². The molecule has 0 aliphatic carbocycles. The number of ether oxygens (including phenoxy) is 1. The molecule has 16 heavy (non-hydrogen) atoms. The molecule has 0 saturated carbocycles. The van der Waals surface area contributed by atoms with Crippen LogP contribution in [0.3, 0.4) is 0 Å². The van der Waals surface area contributed by atoms with Crippen LogP contribution in [0.1, 0.15) is 5.69 Å². The van der Waals surface area contributed by atoms with E-state index in [0.717, 1.165) is 11.5 Å². The molecule has 0 saturated heterocycles. The van der Waals surface area contributed by atoms with Gasteiger partial charge in [0, 0.05) is 17.6 Å². The number of nitrogen functional groups attached to an aromatic ring is 1. The Morgan fingerprint density at radius 2 is 2.31 bits per heavy atom. The van der Waals surface area contributed by atoms with Crippen molar-refractivity contribution in [3.8, 4) is 5.75 Å². The Hall–Kier alpha value is -1.40. The van der Waals surface area contributed by atoms with Gasteiger partial charge in [-0.05, 0) is 12.1 Å². The third kappa shape index (κ3) is 2.40. The molecule has 0 aliphatic heterocycles. The van der Waals surface area contributed by atoms with E-state index in [1.54, 1.807) is 0 Å². The van der Waals surface area contributed by atoms with Gasteiger partial charge in [0.25, 0.3) is 0 Å². The molecule has 0 aliphatic rings. The number of hydrogen-bond acceptors (Lipinski definition) is 5. The molecular weight excluding hydrogens is 253 g/mol. The first-order chi connectivity index (χ1) is 7.66. The number of rotatable bonds is 3. The minimum atomic E-state index is -0.483. The average molecular weight is 260 g/mol. The second-order valence-corrected chi connectivity index (χ2v) is 4.14. The summed E-state index contributed by atoms with van der Waals surface area (Å²) in [6.45, 7) is 0.185. The second-order valence-electron chi connectivity index (χ2n) is 2.95. The molecule has 0 radical (unpaired) electrons. The first kappa shape index (κ1) is 11.1. The van der Waals surface area contributed by atoms with Crippen molar-refractivity contribution in [3.05, 3.63) is 34.7 Å². The predicted molar refractivity (Wildman–Crippen MR) is 60.1 cm³/mol. The van der Waals surface area contributed by atoms with Gasteiger partial charge in [-0.25, -0.2) is 4.39 Å². The van der Waals surface area contributed by atoms with Gasteiger partial charge in [-0.2, -0.15) is 0 Å². The molecule has 2 N–H and O–H groups in total. The van der Waals surface area contributed by atoms with Gasteiger partial charge in [0.05, 0.1) is 5.02 Å². The summed E-state index contributed by atoms with van der Waals surface area (Å²) in [4.78, 5) is 0. The Kier molecular flexibility index (Phi) is 3.21. The molecule has 84 valence electrons. The van der Waals surface area contributed by atoms with Gasteiger partial charge in [0.15, 0.2) is 0 Å². The van der Waals surface area contributed by atoms with E-state index in [0.29, 0.717) is 16.4 Å². The van der Waals surface area contributed by atoms with Crippen molar-refractivity contribution in [2.24, 2.45) is 0 Å². The summed E-state index contributed by atoms with van der Waals surface area (Å²) >= 11 is 6.70. The summed E-state index contributed by atoms with van der Waals surface area (Å²) in [5, 5.41) is 4.31. The molecule has 7 heteroatoms. The molecule has 2 rings (SSSR count). The van der Waals surface area contributed by atoms with Crippen LogP contribution >= 0.6 is 23.1 Å². The molecule has 1 aromatic carbocycles. The summed E-state index contributed by atoms with van der Waals surface area (Å²) in [7, 11) is 0. The highest BCUT2D eigenvalue weighted by Crippen LogP contribution is 2.22. The summed E-state index contributed by atoms with van der Waals surface area (Å²) in [6, 6.07) is 4.12. The fourth-order valence-corrected chi connectivity index (χ4v) is 1.64. The molecule has 1 aromatic heterocycles. The van der Waals surface area contributed by atoms with Crippen LogP contribution in [0.15, 0.2) is 18.2 Å². The van der Waals surface area contributed by atoms with Crippen LogP contribution in [0.25, 0.3) is 0 Å². The number of nitrogens with zero attached hydrogens (tertiary/aromatic N) is 2. The molecule has 0 unspecified atom stereocenters. The van der Waals surface area contributed by atoms with Gasteiger partial charge < -0.3 is 10.5 Å². The molecule has 2 aromatic rings. The van der Waals surface area contributed by atoms with Gasteiger partial charge >= 0.3 is 0 Å². The lowest BCUT2D eigenvalue weighted by Crippen LogP contribution is -1.99. The van der Waals surface area contributed by atoms with Gasteiger partial charge in [-0.1, -0.05) is 16.1 Å². The van der Waals surface area contributed by atoms with E-state index in [9.17, 15) is 4.39 Å². The highest BCUT2D eigenvalue weighted by Gasteiger charge is 2.06. The van der Waals surface area contributed by atoms with E-state index in [-0.39, 0.29) is 11.6 Å². The zero-order valence-corrected chi connectivity index (χ0v) is 9.56. The Morgan fingerprint density at radius 3 is 2.94 bits per heavy atom. The third-order valence-corrected chi connectivity index (χ3v) is 2.74. The molecule has 4 nitrogen and oxygen atoms in total. The number of nitrogens with two attached hydrogens (primary N) is 1. The third-order valence-electron chi connectivity index (χ3n) is 1.85. The van der Waals surface area contributed by atoms with Crippen LogP contribution in [-0.4, -0.2) is 9.59 Å². The van der Waals surface area contributed by atoms with E-state index >= 15 is 0 Å². The monoisotopic (exact) mass is 259 g/mol. The minimum Gasteiger partial charge on any atom is -0.487 e. The van der Waals surface area contributed by atoms with E-state index in [1.807, 2.05) is 0 Å². The maximum Gasteiger partial charge on any atom is 0.142 e. The Labute approximate surface area is 100.0 Å². The summed E-state index contributed by atoms with van der Waals surface area (Å²) in [6.07, 6.45) is 0. The summed E-state index contributed by atoms with van der Waals surface area (Å²) < 4.78 is 21.9. The van der Waals surface area contributed by atoms with Gasteiger partial charge in [-0.15, -0.1) is 5.10 Å². The topological polar surface area (TPSA) is 61.0 Å². The van der Waals surface area contributed by atoms with Gasteiger partial charge in [0.2, 0.25) is 0 Å². The van der Waals surface area contributed by atoms with Crippen LogP contribution in [0.2, 0.25) is 5.02 Å². The Bertz CT molecular complexity index is 505. The quantitative estimate of drug-likeness (QED) is 0.920. The molecule has 0 fully saturated rings. The first-order valence-corrected chi connectivity index (χ1v) is 5.46. The highest BCUT2D eigenvalue weighted by atomic mass is 35.5. The van der Waals surface area contributed by atoms with E-state index < -0.39 is 5.82 Å². The molecular formula is C9H7ClFN3OS. The SMILES string of the molecule is Nc1snnc1COc1ccc(F)c(Cl)c1. The second kappa shape index (κ2) is 4.63. The number of hydrogen-bond donors (Lipinski definition) is 1. The average Bonchev–Trinajstić information content (AvgIpc) is 2.66. The van der Waals surface area contributed by atoms with Crippen molar-refractivity contribution >= 4 is 28.1 Å². The minimum absolute atomic E-state index is 0.0156. The lowest BCUT2D eigenvalue weighted by molar-refractivity contribution is 0.301. The number of halogens is 2. The van der Waals surface area contributed by atoms with Crippen LogP contribution < -0.4 is 10.5 Å². The molecule has 0 bridgehead atoms. The van der Waals surface area contributed by atoms with Gasteiger partial charge in [-0.3, -0.25) is 0 Å². The fraction of sp³-hybridized carbons (Fsp3) is 0.111. The Morgan fingerprint density at radius 1 is 1.50 bits per heavy atom. The van der Waals surface area contributed by atoms with Crippen molar-refractivity contribution in [2.45, 2.75) is 6.61 Å². The van der Waals surface area contributed by atoms with Crippen LogP contribution in [0.5, 0.6) is 5.75 Å². The van der Waals surface area contributed by atoms with E-state index in [1.165, 1.54) is 18.2 Å². The van der Waals surface area contributed by atoms with Crippen LogP contribution in [0.4, 0.5) is 9.39 Å². The summed E-state index contributed by atoms with van der Waals surface area (Å²) in [5.41, 5.74) is 6.15. The molecule has 0 spiro atoms. The largest absolute Gasteiger partial charge is 0.487 e. The molecule has 0 amide bonds. The van der Waals surface area contributed by atoms with Crippen LogP contribution in [-0.2, 0) is 6.61 Å². The predicted octanol–water partition coefficient (Wildman–Crippen LogP) is 2.49. The number of anilines is 1. The molecule has 0 atom stereocenters. The lowest BCUT2D eigenvalue weighted by Gasteiger charge is -2.04. The number of benzene rings is 1. The van der Waals surface area contributed by atoms with E-state index in [4.69, 9.17) is 22.1 Å². The van der Waals surface area contributed by atoms with Gasteiger partial charge in [0.1, 0.15) is 28.9 Å². The van der Waals surface area contributed by atoms with E-state index in [2.05, 4.69) is 9.59 Å². The zero-order valence-electron chi connectivity index (χ0n) is 7.98. The van der Waals surface area contributed by atoms with Crippen molar-refractivity contribution < 1.29 is 9.13 Å². The highest BCUT2D eigenvalue weighted by molar-refractivity contribution is 7.09. The van der Waals surface area contributed by atoms with Crippen molar-refractivity contribution in [3.63, 3.8) is 0 Å². The van der Waals surface area contributed by atoms with Crippen molar-refractivity contribution in [1.82, 2.24) is 9.59 Å². The first-order valence-electron chi connectivity index (χ1n) is 4.31. The number of aromatic nitrogens is 2. The zero-order chi connectivity index (χ0) is 11.5. The Balaban J connectivity index is 2.05. The summed E-state index contributed by atoms with van der Waals surface area (Å²) in [5.74, 6) is -0.0253. The lowest BCUT2D eigenvalue weighted by atomic mass is 10.3. The van der Waals surface area contributed by atoms with Crippen LogP contribution in [0, 0.1) is 5.82 Å². The maximum absolute atomic E-state index is 12.8. The smallest absolute Gasteiger partial charge is 0.142 e. The normalized spacial score (nSPS) is 10.4.